The minimum Gasteiger partial charge on any atom is -0.466 e. The molecule has 0 aromatic rings. The zero-order valence-corrected chi connectivity index (χ0v) is 7.46. The lowest BCUT2D eigenvalue weighted by Crippen LogP contribution is -2.46. The number of esters is 1. The van der Waals surface area contributed by atoms with Crippen molar-refractivity contribution in [3.8, 4) is 0 Å². The van der Waals surface area contributed by atoms with Gasteiger partial charge in [0.25, 0.3) is 4.93 Å². The van der Waals surface area contributed by atoms with Crippen molar-refractivity contribution in [1.82, 2.24) is 0 Å². The van der Waals surface area contributed by atoms with E-state index in [-0.39, 0.29) is 0 Å². The molecule has 0 rings (SSSR count). The van der Waals surface area contributed by atoms with Crippen LogP contribution in [-0.2, 0) is 19.6 Å². The summed E-state index contributed by atoms with van der Waals surface area (Å²) < 4.78 is 33.4. The second kappa shape index (κ2) is 3.38. The van der Waals surface area contributed by atoms with Crippen molar-refractivity contribution in [2.75, 3.05) is 7.11 Å². The van der Waals surface area contributed by atoms with E-state index < -0.39 is 27.4 Å². The van der Waals surface area contributed by atoms with Gasteiger partial charge in [-0.3, -0.25) is 4.55 Å². The minimum absolute atomic E-state index is 0.474. The molecule has 0 saturated carbocycles. The summed E-state index contributed by atoms with van der Waals surface area (Å²) >= 11 is 0. The molecule has 0 aliphatic carbocycles. The number of hydrogen-bond donors (Lipinski definition) is 2. The Morgan fingerprint density at radius 2 is 2.00 bits per heavy atom. The van der Waals surface area contributed by atoms with Crippen molar-refractivity contribution in [3.63, 3.8) is 0 Å². The Kier molecular flexibility index (Phi) is 3.19. The Balaban J connectivity index is 5.09. The van der Waals surface area contributed by atoms with Crippen LogP contribution in [-0.4, -0.2) is 36.1 Å². The highest BCUT2D eigenvalue weighted by molar-refractivity contribution is 7.87. The summed E-state index contributed by atoms with van der Waals surface area (Å²) in [6.45, 7) is 1.23. The van der Waals surface area contributed by atoms with Crippen molar-refractivity contribution in [1.29, 1.82) is 0 Å². The number of aliphatic hydroxyl groups is 1. The van der Waals surface area contributed by atoms with Crippen LogP contribution in [0.15, 0.2) is 0 Å². The summed E-state index contributed by atoms with van der Waals surface area (Å²) in [6.07, 6.45) is -0.474. The van der Waals surface area contributed by atoms with Gasteiger partial charge in [0, 0.05) is 6.42 Å². The first-order valence-electron chi connectivity index (χ1n) is 3.07. The molecule has 0 heterocycles. The molecule has 0 fully saturated rings. The van der Waals surface area contributed by atoms with Gasteiger partial charge in [-0.05, 0) is 0 Å². The van der Waals surface area contributed by atoms with Crippen LogP contribution in [0.1, 0.15) is 13.3 Å². The van der Waals surface area contributed by atoms with Crippen LogP contribution < -0.4 is 0 Å². The standard InChI is InChI=1S/C5H10O6S/c1-3-5(7,4(6)11-2)12(8,9)10/h7H,3H2,1-2H3,(H,8,9,10). The van der Waals surface area contributed by atoms with Crippen molar-refractivity contribution in [3.05, 3.63) is 0 Å². The molecule has 0 aliphatic heterocycles. The predicted octanol–water partition coefficient (Wildman–Crippen LogP) is -0.854. The van der Waals surface area contributed by atoms with Gasteiger partial charge in [0.2, 0.25) is 0 Å². The van der Waals surface area contributed by atoms with Crippen LogP contribution in [0.25, 0.3) is 0 Å². The number of methoxy groups -OCH3 is 1. The quantitative estimate of drug-likeness (QED) is 0.452. The highest BCUT2D eigenvalue weighted by atomic mass is 32.2. The molecule has 0 spiro atoms. The Morgan fingerprint density at radius 3 is 2.08 bits per heavy atom. The van der Waals surface area contributed by atoms with Gasteiger partial charge >= 0.3 is 16.1 Å². The van der Waals surface area contributed by atoms with E-state index in [0.717, 1.165) is 7.11 Å². The maximum Gasteiger partial charge on any atom is 0.356 e. The van der Waals surface area contributed by atoms with E-state index in [9.17, 15) is 13.2 Å². The number of hydrogen-bond acceptors (Lipinski definition) is 5. The second-order valence-corrected chi connectivity index (χ2v) is 3.73. The first-order chi connectivity index (χ1) is 5.29. The molecule has 7 heteroatoms. The Labute approximate surface area is 69.9 Å². The molecule has 2 N–H and O–H groups in total. The van der Waals surface area contributed by atoms with E-state index in [1.165, 1.54) is 6.92 Å². The van der Waals surface area contributed by atoms with Gasteiger partial charge in [-0.15, -0.1) is 0 Å². The fraction of sp³-hybridized carbons (Fsp3) is 0.800. The maximum absolute atomic E-state index is 10.7. The SMILES string of the molecule is CCC(O)(C(=O)OC)S(=O)(=O)O. The molecule has 0 aromatic carbocycles. The van der Waals surface area contributed by atoms with Gasteiger partial charge in [0.1, 0.15) is 0 Å². The van der Waals surface area contributed by atoms with Gasteiger partial charge in [-0.2, -0.15) is 8.42 Å². The third kappa shape index (κ3) is 1.74. The lowest BCUT2D eigenvalue weighted by molar-refractivity contribution is -0.154. The topological polar surface area (TPSA) is 101 Å². The molecular formula is C5H10O6S. The molecule has 12 heavy (non-hydrogen) atoms. The highest BCUT2D eigenvalue weighted by Gasteiger charge is 2.48. The minimum atomic E-state index is -4.84. The molecule has 0 aliphatic rings. The zero-order chi connectivity index (χ0) is 9.99. The van der Waals surface area contributed by atoms with Crippen molar-refractivity contribution in [2.45, 2.75) is 18.3 Å². The van der Waals surface area contributed by atoms with Crippen LogP contribution in [0.3, 0.4) is 0 Å². The van der Waals surface area contributed by atoms with Crippen LogP contribution in [0.4, 0.5) is 0 Å². The largest absolute Gasteiger partial charge is 0.466 e. The molecular weight excluding hydrogens is 188 g/mol. The molecule has 0 aromatic heterocycles. The van der Waals surface area contributed by atoms with E-state index in [1.807, 2.05) is 0 Å². The fourth-order valence-electron chi connectivity index (χ4n) is 0.592. The number of rotatable bonds is 3. The van der Waals surface area contributed by atoms with E-state index in [1.54, 1.807) is 0 Å². The zero-order valence-electron chi connectivity index (χ0n) is 6.64. The fourth-order valence-corrected chi connectivity index (χ4v) is 1.25. The third-order valence-electron chi connectivity index (χ3n) is 1.41. The summed E-state index contributed by atoms with van der Waals surface area (Å²) in [5.41, 5.74) is 0. The van der Waals surface area contributed by atoms with Crippen molar-refractivity contribution in [2.24, 2.45) is 0 Å². The first kappa shape index (κ1) is 11.3. The predicted molar refractivity (Wildman–Crippen MR) is 38.8 cm³/mol. The summed E-state index contributed by atoms with van der Waals surface area (Å²) in [7, 11) is -3.93. The van der Waals surface area contributed by atoms with Gasteiger partial charge in [0.05, 0.1) is 7.11 Å². The smallest absolute Gasteiger partial charge is 0.356 e. The Hall–Kier alpha value is -0.660. The first-order valence-corrected chi connectivity index (χ1v) is 4.51. The number of carbonyl (C=O) groups excluding carboxylic acids is 1. The Morgan fingerprint density at radius 1 is 1.58 bits per heavy atom. The van der Waals surface area contributed by atoms with E-state index >= 15 is 0 Å². The van der Waals surface area contributed by atoms with Gasteiger partial charge < -0.3 is 9.84 Å². The van der Waals surface area contributed by atoms with E-state index in [2.05, 4.69) is 4.74 Å². The van der Waals surface area contributed by atoms with Gasteiger partial charge in [-0.1, -0.05) is 6.92 Å². The average molecular weight is 198 g/mol. The van der Waals surface area contributed by atoms with Crippen molar-refractivity contribution < 1.29 is 27.6 Å². The lowest BCUT2D eigenvalue weighted by Gasteiger charge is -2.19. The molecule has 6 nitrogen and oxygen atoms in total. The van der Waals surface area contributed by atoms with Crippen LogP contribution in [0.5, 0.6) is 0 Å². The van der Waals surface area contributed by atoms with Crippen LogP contribution in [0.2, 0.25) is 0 Å². The number of carbonyl (C=O) groups is 1. The van der Waals surface area contributed by atoms with E-state index in [0.29, 0.717) is 0 Å². The number of ether oxygens (including phenoxy) is 1. The third-order valence-corrected chi connectivity index (χ3v) is 2.72. The second-order valence-electron chi connectivity index (χ2n) is 2.10. The highest BCUT2D eigenvalue weighted by Crippen LogP contribution is 2.18. The summed E-state index contributed by atoms with van der Waals surface area (Å²) in [6, 6.07) is 0. The molecule has 72 valence electrons. The molecule has 0 amide bonds. The van der Waals surface area contributed by atoms with Crippen molar-refractivity contribution >= 4 is 16.1 Å². The monoisotopic (exact) mass is 198 g/mol. The molecule has 1 unspecified atom stereocenters. The van der Waals surface area contributed by atoms with Crippen LogP contribution in [0, 0.1) is 0 Å². The van der Waals surface area contributed by atoms with Gasteiger partial charge in [0.15, 0.2) is 0 Å². The normalized spacial score (nSPS) is 16.7. The molecule has 1 atom stereocenters. The summed E-state index contributed by atoms with van der Waals surface area (Å²) in [5, 5.41) is 9.11. The molecule has 0 saturated heterocycles. The maximum atomic E-state index is 10.7. The Bertz CT molecular complexity index is 268. The van der Waals surface area contributed by atoms with E-state index in [4.69, 9.17) is 9.66 Å². The van der Waals surface area contributed by atoms with Crippen LogP contribution >= 0.6 is 0 Å². The molecule has 0 radical (unpaired) electrons. The summed E-state index contributed by atoms with van der Waals surface area (Å²) in [5.74, 6) is -1.40. The average Bonchev–Trinajstić information content (AvgIpc) is 1.99. The summed E-state index contributed by atoms with van der Waals surface area (Å²) in [4.78, 5) is 7.85. The molecule has 0 bridgehead atoms. The lowest BCUT2D eigenvalue weighted by atomic mass is 10.3. The van der Waals surface area contributed by atoms with Gasteiger partial charge in [-0.25, -0.2) is 4.79 Å².